The SMILES string of the molecule is C=CCOc1ccc(C2C(C(=O)c3ccco3)=C(O)C(=O)N2CCCn2ccnc2)cc1OCC. The number of imidazole rings is 1. The fourth-order valence-corrected chi connectivity index (χ4v) is 4.08. The third-order valence-corrected chi connectivity index (χ3v) is 5.61. The van der Waals surface area contributed by atoms with E-state index in [-0.39, 0.29) is 11.3 Å². The predicted octanol–water partition coefficient (Wildman–Crippen LogP) is 4.11. The Hall–Kier alpha value is -4.27. The number of carbonyl (C=O) groups excluding carboxylic acids is 2. The van der Waals surface area contributed by atoms with Gasteiger partial charge >= 0.3 is 0 Å². The van der Waals surface area contributed by atoms with E-state index in [9.17, 15) is 14.7 Å². The molecule has 3 heterocycles. The number of rotatable bonds is 12. The van der Waals surface area contributed by atoms with Crippen LogP contribution in [0, 0.1) is 0 Å². The van der Waals surface area contributed by atoms with Crippen LogP contribution in [0.3, 0.4) is 0 Å². The van der Waals surface area contributed by atoms with Crippen LogP contribution in [0.2, 0.25) is 0 Å². The van der Waals surface area contributed by atoms with Crippen molar-refractivity contribution < 1.29 is 28.6 Å². The molecule has 0 spiro atoms. The Morgan fingerprint density at radius 1 is 1.26 bits per heavy atom. The first-order valence-electron chi connectivity index (χ1n) is 11.3. The number of ether oxygens (including phenoxy) is 2. The third kappa shape index (κ3) is 4.98. The zero-order valence-corrected chi connectivity index (χ0v) is 19.4. The molecule has 9 heteroatoms. The number of aliphatic hydroxyl groups is 1. The van der Waals surface area contributed by atoms with Crippen molar-refractivity contribution in [2.24, 2.45) is 0 Å². The Labute approximate surface area is 202 Å². The number of aromatic nitrogens is 2. The Kier molecular flexibility index (Phi) is 7.35. The summed E-state index contributed by atoms with van der Waals surface area (Å²) in [6.45, 7) is 7.13. The molecule has 1 atom stereocenters. The maximum absolute atomic E-state index is 13.3. The van der Waals surface area contributed by atoms with Crippen molar-refractivity contribution in [1.29, 1.82) is 0 Å². The second-order valence-electron chi connectivity index (χ2n) is 7.86. The summed E-state index contributed by atoms with van der Waals surface area (Å²) in [6.07, 6.45) is 8.80. The summed E-state index contributed by atoms with van der Waals surface area (Å²) in [7, 11) is 0. The first kappa shape index (κ1) is 23.9. The number of aryl methyl sites for hydroxylation is 1. The van der Waals surface area contributed by atoms with Gasteiger partial charge in [0.15, 0.2) is 23.0 Å². The highest BCUT2D eigenvalue weighted by atomic mass is 16.5. The van der Waals surface area contributed by atoms with E-state index >= 15 is 0 Å². The molecule has 0 saturated carbocycles. The number of amides is 1. The molecule has 35 heavy (non-hydrogen) atoms. The van der Waals surface area contributed by atoms with Crippen molar-refractivity contribution in [2.75, 3.05) is 19.8 Å². The number of hydrogen-bond acceptors (Lipinski definition) is 7. The van der Waals surface area contributed by atoms with E-state index in [2.05, 4.69) is 11.6 Å². The highest BCUT2D eigenvalue weighted by molar-refractivity contribution is 6.15. The summed E-state index contributed by atoms with van der Waals surface area (Å²) < 4.78 is 18.6. The van der Waals surface area contributed by atoms with Crippen molar-refractivity contribution in [3.05, 3.63) is 90.6 Å². The van der Waals surface area contributed by atoms with E-state index in [0.717, 1.165) is 0 Å². The Bertz CT molecular complexity index is 1210. The van der Waals surface area contributed by atoms with Crippen LogP contribution in [0.5, 0.6) is 11.5 Å². The number of furan rings is 1. The van der Waals surface area contributed by atoms with Gasteiger partial charge in [-0.25, -0.2) is 4.98 Å². The zero-order valence-electron chi connectivity index (χ0n) is 19.4. The van der Waals surface area contributed by atoms with Gasteiger partial charge in [0.1, 0.15) is 6.61 Å². The standard InChI is InChI=1S/C26H27N3O6/c1-3-14-34-19-9-8-18(16-21(19)33-4-2)23-22(24(30)20-7-5-15-35-20)25(31)26(32)29(23)12-6-11-28-13-10-27-17-28/h3,5,7-10,13,15-17,23,31H,1,4,6,11-12,14H2,2H3. The fourth-order valence-electron chi connectivity index (χ4n) is 4.08. The van der Waals surface area contributed by atoms with Crippen molar-refractivity contribution in [3.8, 4) is 11.5 Å². The first-order chi connectivity index (χ1) is 17.0. The largest absolute Gasteiger partial charge is 0.503 e. The lowest BCUT2D eigenvalue weighted by Crippen LogP contribution is -2.32. The van der Waals surface area contributed by atoms with Gasteiger partial charge in [-0.2, -0.15) is 0 Å². The minimum Gasteiger partial charge on any atom is -0.503 e. The average molecular weight is 478 g/mol. The van der Waals surface area contributed by atoms with Gasteiger partial charge in [-0.1, -0.05) is 18.7 Å². The number of aliphatic hydroxyl groups excluding tert-OH is 1. The Morgan fingerprint density at radius 3 is 2.80 bits per heavy atom. The lowest BCUT2D eigenvalue weighted by Gasteiger charge is -2.27. The van der Waals surface area contributed by atoms with E-state index in [0.29, 0.717) is 49.8 Å². The first-order valence-corrected chi connectivity index (χ1v) is 11.3. The molecule has 1 N–H and O–H groups in total. The van der Waals surface area contributed by atoms with Crippen LogP contribution in [-0.2, 0) is 11.3 Å². The molecule has 182 valence electrons. The normalized spacial score (nSPS) is 15.5. The van der Waals surface area contributed by atoms with E-state index < -0.39 is 23.5 Å². The van der Waals surface area contributed by atoms with Crippen LogP contribution in [0.25, 0.3) is 0 Å². The van der Waals surface area contributed by atoms with Crippen molar-refractivity contribution >= 4 is 11.7 Å². The van der Waals surface area contributed by atoms with Crippen molar-refractivity contribution in [3.63, 3.8) is 0 Å². The van der Waals surface area contributed by atoms with Crippen molar-refractivity contribution in [1.82, 2.24) is 14.5 Å². The van der Waals surface area contributed by atoms with E-state index in [1.165, 1.54) is 17.2 Å². The molecule has 3 aromatic rings. The molecular formula is C26H27N3O6. The smallest absolute Gasteiger partial charge is 0.290 e. The molecule has 0 bridgehead atoms. The van der Waals surface area contributed by atoms with Gasteiger partial charge in [0.25, 0.3) is 5.91 Å². The molecule has 1 aliphatic rings. The summed E-state index contributed by atoms with van der Waals surface area (Å²) in [4.78, 5) is 32.0. The van der Waals surface area contributed by atoms with Gasteiger partial charge < -0.3 is 28.5 Å². The van der Waals surface area contributed by atoms with Gasteiger partial charge in [-0.05, 0) is 43.2 Å². The Morgan fingerprint density at radius 2 is 2.11 bits per heavy atom. The molecule has 0 radical (unpaired) electrons. The molecule has 1 amide bonds. The van der Waals surface area contributed by atoms with Gasteiger partial charge in [-0.15, -0.1) is 0 Å². The maximum atomic E-state index is 13.3. The Balaban J connectivity index is 1.71. The fraction of sp³-hybridized carbons (Fsp3) is 0.269. The monoisotopic (exact) mass is 477 g/mol. The third-order valence-electron chi connectivity index (χ3n) is 5.61. The number of ketones is 1. The maximum Gasteiger partial charge on any atom is 0.290 e. The van der Waals surface area contributed by atoms with E-state index in [1.54, 1.807) is 42.9 Å². The quantitative estimate of drug-likeness (QED) is 0.309. The minimum absolute atomic E-state index is 0.0326. The van der Waals surface area contributed by atoms with Crippen LogP contribution in [-0.4, -0.2) is 51.0 Å². The second kappa shape index (κ2) is 10.8. The lowest BCUT2D eigenvalue weighted by molar-refractivity contribution is -0.129. The van der Waals surface area contributed by atoms with Crippen LogP contribution >= 0.6 is 0 Å². The molecule has 4 rings (SSSR count). The number of hydrogen-bond donors (Lipinski definition) is 1. The lowest BCUT2D eigenvalue weighted by atomic mass is 9.94. The average Bonchev–Trinajstić information content (AvgIpc) is 3.62. The summed E-state index contributed by atoms with van der Waals surface area (Å²) in [6, 6.07) is 7.48. The van der Waals surface area contributed by atoms with Gasteiger partial charge in [0, 0.05) is 25.5 Å². The van der Waals surface area contributed by atoms with Crippen LogP contribution in [0.4, 0.5) is 0 Å². The summed E-state index contributed by atoms with van der Waals surface area (Å²) in [5.41, 5.74) is 0.573. The van der Waals surface area contributed by atoms with E-state index in [1.807, 2.05) is 17.7 Å². The molecule has 9 nitrogen and oxygen atoms in total. The van der Waals surface area contributed by atoms with E-state index in [4.69, 9.17) is 13.9 Å². The highest BCUT2D eigenvalue weighted by Gasteiger charge is 2.44. The van der Waals surface area contributed by atoms with Gasteiger partial charge in [-0.3, -0.25) is 9.59 Å². The molecular weight excluding hydrogens is 450 g/mol. The van der Waals surface area contributed by atoms with Crippen LogP contribution in [0.15, 0.2) is 83.7 Å². The minimum atomic E-state index is -0.824. The van der Waals surface area contributed by atoms with Crippen molar-refractivity contribution in [2.45, 2.75) is 25.9 Å². The van der Waals surface area contributed by atoms with Crippen LogP contribution < -0.4 is 9.47 Å². The summed E-state index contributed by atoms with van der Waals surface area (Å²) in [5, 5.41) is 10.8. The number of nitrogens with zero attached hydrogens (tertiary/aromatic N) is 3. The van der Waals surface area contributed by atoms with Gasteiger partial charge in [0.05, 0.1) is 30.8 Å². The zero-order chi connectivity index (χ0) is 24.8. The molecule has 1 aliphatic heterocycles. The number of Topliss-reactive ketones (excluding diaryl/α,β-unsaturated/α-hetero) is 1. The van der Waals surface area contributed by atoms with Gasteiger partial charge in [0.2, 0.25) is 5.78 Å². The highest BCUT2D eigenvalue weighted by Crippen LogP contribution is 2.42. The molecule has 0 saturated heterocycles. The molecule has 0 aliphatic carbocycles. The molecule has 1 unspecified atom stereocenters. The topological polar surface area (TPSA) is 107 Å². The molecule has 2 aromatic heterocycles. The molecule has 1 aromatic carbocycles. The summed E-state index contributed by atoms with van der Waals surface area (Å²) >= 11 is 0. The van der Waals surface area contributed by atoms with Crippen LogP contribution in [0.1, 0.15) is 35.5 Å². The number of carbonyl (C=O) groups is 2. The molecule has 0 fully saturated rings. The predicted molar refractivity (Wildman–Crippen MR) is 127 cm³/mol. The summed E-state index contributed by atoms with van der Waals surface area (Å²) in [5.74, 6) is -0.717. The second-order valence-corrected chi connectivity index (χ2v) is 7.86. The number of benzene rings is 1.